The number of ether oxygens (including phenoxy) is 1. The molecule has 1 fully saturated rings. The van der Waals surface area contributed by atoms with Crippen LogP contribution in [-0.4, -0.2) is 17.8 Å². The first-order valence-electron chi connectivity index (χ1n) is 6.99. The first-order valence-corrected chi connectivity index (χ1v) is 7.36. The van der Waals surface area contributed by atoms with Crippen molar-refractivity contribution in [3.63, 3.8) is 0 Å². The van der Waals surface area contributed by atoms with Crippen molar-refractivity contribution in [2.24, 2.45) is 11.8 Å². The Labute approximate surface area is 132 Å². The summed E-state index contributed by atoms with van der Waals surface area (Å²) in [5, 5.41) is 0.609. The number of fused-ring (bicyclic) bond motifs is 1. The molecule has 6 heteroatoms. The monoisotopic (exact) mass is 319 g/mol. The molecular weight excluding hydrogens is 306 g/mol. The van der Waals surface area contributed by atoms with Crippen LogP contribution in [0.25, 0.3) is 0 Å². The third kappa shape index (κ3) is 2.41. The van der Waals surface area contributed by atoms with Crippen molar-refractivity contribution in [1.29, 1.82) is 0 Å². The zero-order valence-electron chi connectivity index (χ0n) is 11.9. The number of allylic oxidation sites excluding steroid dienone is 2. The highest BCUT2D eigenvalue weighted by atomic mass is 35.5. The second kappa shape index (κ2) is 5.57. The largest absolute Gasteiger partial charge is 0.424 e. The highest BCUT2D eigenvalue weighted by molar-refractivity contribution is 6.30. The molecule has 2 atom stereocenters. The third-order valence-corrected chi connectivity index (χ3v) is 4.24. The number of para-hydroxylation sites is 2. The van der Waals surface area contributed by atoms with Crippen LogP contribution in [0.3, 0.4) is 0 Å². The molecular formula is C16H14ClNO4. The van der Waals surface area contributed by atoms with Gasteiger partial charge in [-0.2, -0.15) is 0 Å². The first-order chi connectivity index (χ1) is 10.5. The quantitative estimate of drug-likeness (QED) is 0.477. The minimum atomic E-state index is -0.506. The van der Waals surface area contributed by atoms with E-state index in [2.05, 4.69) is 0 Å². The number of imide groups is 1. The molecule has 0 spiro atoms. The van der Waals surface area contributed by atoms with Crippen molar-refractivity contribution in [3.05, 3.63) is 35.4 Å². The highest BCUT2D eigenvalue weighted by Gasteiger charge is 2.49. The fraction of sp³-hybridized carbons (Fsp3) is 0.312. The van der Waals surface area contributed by atoms with Gasteiger partial charge in [0.2, 0.25) is 11.8 Å². The van der Waals surface area contributed by atoms with Gasteiger partial charge in [0.25, 0.3) is 0 Å². The van der Waals surface area contributed by atoms with Crippen molar-refractivity contribution in [2.45, 2.75) is 19.8 Å². The van der Waals surface area contributed by atoms with E-state index in [1.54, 1.807) is 30.3 Å². The molecule has 0 saturated carbocycles. The van der Waals surface area contributed by atoms with Crippen molar-refractivity contribution >= 4 is 35.1 Å². The van der Waals surface area contributed by atoms with E-state index in [9.17, 15) is 14.4 Å². The standard InChI is InChI=1S/C16H14ClNO4/c1-9(19)22-14-5-3-2-4-13(14)18-15(20)11-7-6-10(17)8-12(11)16(18)21/h2-6,11-12H,7-8H2,1H3. The van der Waals surface area contributed by atoms with E-state index in [1.165, 1.54) is 6.92 Å². The van der Waals surface area contributed by atoms with Crippen LogP contribution in [0.15, 0.2) is 35.4 Å². The smallest absolute Gasteiger partial charge is 0.308 e. The summed E-state index contributed by atoms with van der Waals surface area (Å²) < 4.78 is 5.10. The first kappa shape index (κ1) is 14.8. The zero-order chi connectivity index (χ0) is 15.9. The zero-order valence-corrected chi connectivity index (χ0v) is 12.7. The number of benzene rings is 1. The lowest BCUT2D eigenvalue weighted by atomic mass is 9.85. The molecule has 2 amide bonds. The van der Waals surface area contributed by atoms with E-state index in [0.717, 1.165) is 4.90 Å². The van der Waals surface area contributed by atoms with Gasteiger partial charge < -0.3 is 4.74 Å². The van der Waals surface area contributed by atoms with E-state index in [0.29, 0.717) is 23.6 Å². The van der Waals surface area contributed by atoms with E-state index >= 15 is 0 Å². The van der Waals surface area contributed by atoms with Crippen molar-refractivity contribution < 1.29 is 19.1 Å². The van der Waals surface area contributed by atoms with Crippen LogP contribution >= 0.6 is 11.6 Å². The molecule has 0 radical (unpaired) electrons. The van der Waals surface area contributed by atoms with Gasteiger partial charge >= 0.3 is 5.97 Å². The number of hydrogen-bond acceptors (Lipinski definition) is 4. The van der Waals surface area contributed by atoms with E-state index < -0.39 is 11.9 Å². The lowest BCUT2D eigenvalue weighted by molar-refractivity contribution is -0.132. The Morgan fingerprint density at radius 3 is 2.64 bits per heavy atom. The Balaban J connectivity index is 1.98. The maximum absolute atomic E-state index is 12.6. The lowest BCUT2D eigenvalue weighted by Gasteiger charge is -2.18. The average Bonchev–Trinajstić information content (AvgIpc) is 2.71. The molecule has 2 unspecified atom stereocenters. The number of rotatable bonds is 2. The summed E-state index contributed by atoms with van der Waals surface area (Å²) in [6, 6.07) is 6.53. The number of amides is 2. The number of anilines is 1. The summed E-state index contributed by atoms with van der Waals surface area (Å²) in [6.07, 6.45) is 2.62. The van der Waals surface area contributed by atoms with Gasteiger partial charge in [-0.3, -0.25) is 14.4 Å². The predicted octanol–water partition coefficient (Wildman–Crippen LogP) is 2.63. The molecule has 1 aromatic rings. The topological polar surface area (TPSA) is 63.7 Å². The van der Waals surface area contributed by atoms with E-state index in [1.807, 2.05) is 0 Å². The van der Waals surface area contributed by atoms with E-state index in [-0.39, 0.29) is 23.5 Å². The molecule has 114 valence electrons. The molecule has 5 nitrogen and oxygen atoms in total. The molecule has 22 heavy (non-hydrogen) atoms. The van der Waals surface area contributed by atoms with Crippen molar-refractivity contribution in [1.82, 2.24) is 0 Å². The van der Waals surface area contributed by atoms with Crippen LogP contribution in [0.2, 0.25) is 0 Å². The predicted molar refractivity (Wildman–Crippen MR) is 80.4 cm³/mol. The van der Waals surface area contributed by atoms with Gasteiger partial charge in [-0.05, 0) is 25.0 Å². The number of carbonyl (C=O) groups excluding carboxylic acids is 3. The molecule has 0 bridgehead atoms. The Bertz CT molecular complexity index is 697. The number of halogens is 1. The van der Waals surface area contributed by atoms with Crippen LogP contribution in [0.4, 0.5) is 5.69 Å². The normalized spacial score (nSPS) is 24.1. The van der Waals surface area contributed by atoms with Crippen molar-refractivity contribution in [2.75, 3.05) is 4.90 Å². The van der Waals surface area contributed by atoms with Gasteiger partial charge in [0.05, 0.1) is 17.5 Å². The molecule has 1 aliphatic heterocycles. The van der Waals surface area contributed by atoms with E-state index in [4.69, 9.17) is 16.3 Å². The molecule has 1 saturated heterocycles. The van der Waals surface area contributed by atoms with Gasteiger partial charge in [-0.25, -0.2) is 4.90 Å². The van der Waals surface area contributed by atoms with Gasteiger partial charge in [0.15, 0.2) is 5.75 Å². The molecule has 1 aromatic carbocycles. The minimum Gasteiger partial charge on any atom is -0.424 e. The molecule has 0 N–H and O–H groups in total. The van der Waals surface area contributed by atoms with Crippen LogP contribution in [0, 0.1) is 11.8 Å². The van der Waals surface area contributed by atoms with Gasteiger partial charge in [-0.1, -0.05) is 29.8 Å². The molecule has 2 aliphatic rings. The van der Waals surface area contributed by atoms with Gasteiger partial charge in [0, 0.05) is 12.0 Å². The van der Waals surface area contributed by atoms with Crippen LogP contribution < -0.4 is 9.64 Å². The highest BCUT2D eigenvalue weighted by Crippen LogP contribution is 2.42. The average molecular weight is 320 g/mol. The van der Waals surface area contributed by atoms with Crippen molar-refractivity contribution in [3.8, 4) is 5.75 Å². The second-order valence-electron chi connectivity index (χ2n) is 5.38. The van der Waals surface area contributed by atoms with Crippen LogP contribution in [0.1, 0.15) is 19.8 Å². The summed E-state index contributed by atoms with van der Waals surface area (Å²) in [6.45, 7) is 1.27. The van der Waals surface area contributed by atoms with Gasteiger partial charge in [0.1, 0.15) is 0 Å². The van der Waals surface area contributed by atoms with Crippen LogP contribution in [-0.2, 0) is 14.4 Å². The second-order valence-corrected chi connectivity index (χ2v) is 5.86. The maximum Gasteiger partial charge on any atom is 0.308 e. The SMILES string of the molecule is CC(=O)Oc1ccccc1N1C(=O)C2CC=C(Cl)CC2C1=O. The van der Waals surface area contributed by atoms with Gasteiger partial charge in [-0.15, -0.1) is 0 Å². The Kier molecular flexibility index (Phi) is 3.74. The fourth-order valence-corrected chi connectivity index (χ4v) is 3.20. The minimum absolute atomic E-state index is 0.203. The number of nitrogens with zero attached hydrogens (tertiary/aromatic N) is 1. The molecule has 1 aliphatic carbocycles. The van der Waals surface area contributed by atoms with Crippen LogP contribution in [0.5, 0.6) is 5.75 Å². The molecule has 1 heterocycles. The Hall–Kier alpha value is -2.14. The Morgan fingerprint density at radius 1 is 1.23 bits per heavy atom. The summed E-state index contributed by atoms with van der Waals surface area (Å²) in [7, 11) is 0. The fourth-order valence-electron chi connectivity index (χ4n) is 2.95. The summed E-state index contributed by atoms with van der Waals surface area (Å²) >= 11 is 6.00. The summed E-state index contributed by atoms with van der Waals surface area (Å²) in [5.41, 5.74) is 0.304. The third-order valence-electron chi connectivity index (χ3n) is 3.93. The summed E-state index contributed by atoms with van der Waals surface area (Å²) in [5.74, 6) is -1.69. The number of esters is 1. The number of hydrogen-bond donors (Lipinski definition) is 0. The maximum atomic E-state index is 12.6. The number of carbonyl (C=O) groups is 3. The summed E-state index contributed by atoms with van der Waals surface area (Å²) in [4.78, 5) is 37.5. The molecule has 0 aromatic heterocycles. The molecule has 3 rings (SSSR count). The Morgan fingerprint density at radius 2 is 1.91 bits per heavy atom. The lowest BCUT2D eigenvalue weighted by Crippen LogP contribution is -2.31.